The van der Waals surface area contributed by atoms with Crippen LogP contribution >= 0.6 is 11.6 Å². The first-order valence-corrected chi connectivity index (χ1v) is 3.17. The lowest BCUT2D eigenvalue weighted by Gasteiger charge is -1.98. The molecule has 0 unspecified atom stereocenters. The Morgan fingerprint density at radius 3 is 2.40 bits per heavy atom. The van der Waals surface area contributed by atoms with Crippen LogP contribution < -0.4 is 5.59 Å². The highest BCUT2D eigenvalue weighted by Gasteiger charge is 2.14. The first kappa shape index (κ1) is 7.66. The van der Waals surface area contributed by atoms with Gasteiger partial charge in [0, 0.05) is 18.8 Å². The molecule has 0 aliphatic heterocycles. The summed E-state index contributed by atoms with van der Waals surface area (Å²) < 4.78 is 1.56. The molecule has 54 valence electrons. The van der Waals surface area contributed by atoms with Gasteiger partial charge in [0.15, 0.2) is 0 Å². The quantitative estimate of drug-likeness (QED) is 0.535. The SMILES string of the molecule is Cn1cc(Cl)cc1B(O)O. The van der Waals surface area contributed by atoms with E-state index in [0.29, 0.717) is 10.6 Å². The molecule has 0 atom stereocenters. The fraction of sp³-hybridized carbons (Fsp3) is 0.200. The number of hydrogen-bond acceptors (Lipinski definition) is 2. The highest BCUT2D eigenvalue weighted by atomic mass is 35.5. The maximum Gasteiger partial charge on any atom is 0.505 e. The Kier molecular flexibility index (Phi) is 2.04. The third-order valence-electron chi connectivity index (χ3n) is 1.27. The average Bonchev–Trinajstić information content (AvgIpc) is 2.10. The third kappa shape index (κ3) is 1.34. The van der Waals surface area contributed by atoms with Gasteiger partial charge in [0.2, 0.25) is 0 Å². The molecule has 0 bridgehead atoms. The van der Waals surface area contributed by atoms with E-state index in [0.717, 1.165) is 0 Å². The van der Waals surface area contributed by atoms with E-state index >= 15 is 0 Å². The van der Waals surface area contributed by atoms with E-state index in [1.165, 1.54) is 6.07 Å². The fourth-order valence-corrected chi connectivity index (χ4v) is 1.05. The van der Waals surface area contributed by atoms with Crippen LogP contribution in [0.4, 0.5) is 0 Å². The van der Waals surface area contributed by atoms with Crippen molar-refractivity contribution in [2.24, 2.45) is 7.05 Å². The van der Waals surface area contributed by atoms with Crippen LogP contribution in [0.1, 0.15) is 0 Å². The summed E-state index contributed by atoms with van der Waals surface area (Å²) in [5.74, 6) is 0. The van der Waals surface area contributed by atoms with Crippen LogP contribution in [0.3, 0.4) is 0 Å². The van der Waals surface area contributed by atoms with Crippen LogP contribution in [0, 0.1) is 0 Å². The maximum absolute atomic E-state index is 8.69. The molecule has 1 rings (SSSR count). The van der Waals surface area contributed by atoms with E-state index in [1.54, 1.807) is 17.8 Å². The van der Waals surface area contributed by atoms with Gasteiger partial charge in [-0.2, -0.15) is 0 Å². The van der Waals surface area contributed by atoms with E-state index in [9.17, 15) is 0 Å². The number of aryl methyl sites for hydroxylation is 1. The first-order chi connectivity index (χ1) is 4.61. The van der Waals surface area contributed by atoms with E-state index in [2.05, 4.69) is 0 Å². The topological polar surface area (TPSA) is 45.4 Å². The Morgan fingerprint density at radius 2 is 2.20 bits per heavy atom. The van der Waals surface area contributed by atoms with Gasteiger partial charge in [-0.1, -0.05) is 11.6 Å². The van der Waals surface area contributed by atoms with Gasteiger partial charge in [-0.15, -0.1) is 0 Å². The summed E-state index contributed by atoms with van der Waals surface area (Å²) in [5.41, 5.74) is 0.394. The van der Waals surface area contributed by atoms with E-state index < -0.39 is 7.12 Å². The van der Waals surface area contributed by atoms with Crippen LogP contribution in [0.2, 0.25) is 5.02 Å². The number of nitrogens with zero attached hydrogens (tertiary/aromatic N) is 1. The zero-order valence-corrected chi connectivity index (χ0v) is 6.21. The molecule has 1 heterocycles. The zero-order valence-electron chi connectivity index (χ0n) is 5.45. The molecule has 0 aromatic carbocycles. The van der Waals surface area contributed by atoms with Crippen LogP contribution in [-0.2, 0) is 7.05 Å². The van der Waals surface area contributed by atoms with Gasteiger partial charge in [-0.3, -0.25) is 0 Å². The third-order valence-corrected chi connectivity index (χ3v) is 1.48. The number of aromatic nitrogens is 1. The molecule has 10 heavy (non-hydrogen) atoms. The van der Waals surface area contributed by atoms with Crippen LogP contribution in [-0.4, -0.2) is 21.7 Å². The lowest BCUT2D eigenvalue weighted by Crippen LogP contribution is -2.34. The number of halogens is 1. The van der Waals surface area contributed by atoms with Gasteiger partial charge in [-0.05, 0) is 6.07 Å². The van der Waals surface area contributed by atoms with Gasteiger partial charge >= 0.3 is 7.12 Å². The predicted molar refractivity (Wildman–Crippen MR) is 40.2 cm³/mol. The lowest BCUT2D eigenvalue weighted by atomic mass is 9.86. The Hall–Kier alpha value is -0.445. The zero-order chi connectivity index (χ0) is 7.72. The number of rotatable bonds is 1. The normalized spacial score (nSPS) is 10.0. The summed E-state index contributed by atoms with van der Waals surface area (Å²) in [6.45, 7) is 0. The van der Waals surface area contributed by atoms with Gasteiger partial charge in [0.1, 0.15) is 0 Å². The molecule has 0 fully saturated rings. The van der Waals surface area contributed by atoms with Crippen LogP contribution in [0.25, 0.3) is 0 Å². The molecule has 0 aliphatic rings. The second-order valence-corrected chi connectivity index (χ2v) is 2.50. The second-order valence-electron chi connectivity index (χ2n) is 2.07. The standard InChI is InChI=1S/C5H7BClNO2/c1-8-3-4(7)2-5(8)6(9)10/h2-3,9-10H,1H3. The van der Waals surface area contributed by atoms with E-state index in [1.807, 2.05) is 0 Å². The molecule has 5 heteroatoms. The summed E-state index contributed by atoms with van der Waals surface area (Å²) in [6.07, 6.45) is 1.61. The molecule has 2 N–H and O–H groups in total. The van der Waals surface area contributed by atoms with Crippen molar-refractivity contribution in [2.75, 3.05) is 0 Å². The van der Waals surface area contributed by atoms with Crippen molar-refractivity contribution in [3.63, 3.8) is 0 Å². The van der Waals surface area contributed by atoms with E-state index in [4.69, 9.17) is 21.6 Å². The van der Waals surface area contributed by atoms with Gasteiger partial charge in [0.25, 0.3) is 0 Å². The molecular formula is C5H7BClNO2. The van der Waals surface area contributed by atoms with Crippen molar-refractivity contribution in [1.82, 2.24) is 4.57 Å². The highest BCUT2D eigenvalue weighted by molar-refractivity contribution is 6.58. The van der Waals surface area contributed by atoms with Crippen molar-refractivity contribution >= 4 is 24.3 Å². The molecule has 3 nitrogen and oxygen atoms in total. The molecule has 0 saturated carbocycles. The Labute approximate surface area is 64.0 Å². The van der Waals surface area contributed by atoms with Gasteiger partial charge in [-0.25, -0.2) is 0 Å². The number of hydrogen-bond donors (Lipinski definition) is 2. The summed E-state index contributed by atoms with van der Waals surface area (Å²) in [4.78, 5) is 0. The molecule has 0 radical (unpaired) electrons. The molecule has 0 amide bonds. The molecule has 0 saturated heterocycles. The first-order valence-electron chi connectivity index (χ1n) is 2.79. The molecule has 0 aliphatic carbocycles. The van der Waals surface area contributed by atoms with Crippen LogP contribution in [0.15, 0.2) is 12.3 Å². The highest BCUT2D eigenvalue weighted by Crippen LogP contribution is 2.04. The predicted octanol–water partition coefficient (Wildman–Crippen LogP) is -0.642. The summed E-state index contributed by atoms with van der Waals surface area (Å²) in [7, 11) is 0.248. The summed E-state index contributed by atoms with van der Waals surface area (Å²) in [5, 5.41) is 17.9. The average molecular weight is 159 g/mol. The Balaban J connectivity index is 3.03. The largest absolute Gasteiger partial charge is 0.505 e. The monoisotopic (exact) mass is 159 g/mol. The summed E-state index contributed by atoms with van der Waals surface area (Å²) in [6, 6.07) is 1.51. The molecule has 0 spiro atoms. The Bertz CT molecular complexity index is 236. The fourth-order valence-electron chi connectivity index (χ4n) is 0.797. The van der Waals surface area contributed by atoms with Crippen molar-refractivity contribution in [3.8, 4) is 0 Å². The minimum atomic E-state index is -1.45. The second kappa shape index (κ2) is 2.66. The van der Waals surface area contributed by atoms with Crippen LogP contribution in [0.5, 0.6) is 0 Å². The smallest absolute Gasteiger partial charge is 0.422 e. The maximum atomic E-state index is 8.69. The lowest BCUT2D eigenvalue weighted by molar-refractivity contribution is 0.422. The van der Waals surface area contributed by atoms with E-state index in [-0.39, 0.29) is 0 Å². The minimum Gasteiger partial charge on any atom is -0.422 e. The van der Waals surface area contributed by atoms with Gasteiger partial charge < -0.3 is 14.6 Å². The Morgan fingerprint density at radius 1 is 1.60 bits per heavy atom. The molecule has 1 aromatic rings. The summed E-state index contributed by atoms with van der Waals surface area (Å²) >= 11 is 5.57. The van der Waals surface area contributed by atoms with Crippen molar-refractivity contribution in [2.45, 2.75) is 0 Å². The minimum absolute atomic E-state index is 0.394. The van der Waals surface area contributed by atoms with Crippen molar-refractivity contribution in [1.29, 1.82) is 0 Å². The molecule has 1 aromatic heterocycles. The van der Waals surface area contributed by atoms with Gasteiger partial charge in [0.05, 0.1) is 5.02 Å². The van der Waals surface area contributed by atoms with Crippen molar-refractivity contribution < 1.29 is 10.0 Å². The van der Waals surface area contributed by atoms with Crippen molar-refractivity contribution in [3.05, 3.63) is 17.3 Å². The molecular weight excluding hydrogens is 152 g/mol.